The maximum absolute atomic E-state index is 12.8. The van der Waals surface area contributed by atoms with Crippen LogP contribution in [0, 0.1) is 0 Å². The van der Waals surface area contributed by atoms with Crippen molar-refractivity contribution in [2.45, 2.75) is 52.1 Å². The molecule has 0 spiro atoms. The highest BCUT2D eigenvalue weighted by molar-refractivity contribution is 6.30. The molecule has 5 nitrogen and oxygen atoms in total. The molecule has 0 saturated carbocycles. The monoisotopic (exact) mass is 373 g/mol. The van der Waals surface area contributed by atoms with Gasteiger partial charge in [-0.1, -0.05) is 30.7 Å². The van der Waals surface area contributed by atoms with Gasteiger partial charge >= 0.3 is 0 Å². The van der Waals surface area contributed by atoms with Gasteiger partial charge in [0, 0.05) is 34.9 Å². The first-order valence-corrected chi connectivity index (χ1v) is 9.53. The minimum Gasteiger partial charge on any atom is -0.338 e. The van der Waals surface area contributed by atoms with E-state index in [-0.39, 0.29) is 24.1 Å². The van der Waals surface area contributed by atoms with E-state index in [0.717, 1.165) is 31.4 Å². The summed E-state index contributed by atoms with van der Waals surface area (Å²) in [5.41, 5.74) is 1.24. The van der Waals surface area contributed by atoms with Crippen LogP contribution in [-0.4, -0.2) is 32.9 Å². The molecule has 2 aromatic rings. The topological polar surface area (TPSA) is 55.2 Å². The number of hydrogen-bond donors (Lipinski definition) is 0. The molecule has 1 fully saturated rings. The lowest BCUT2D eigenvalue weighted by Crippen LogP contribution is -2.45. The van der Waals surface area contributed by atoms with Crippen molar-refractivity contribution in [1.82, 2.24) is 14.5 Å². The SMILES string of the molecule is CCc1cc(=O)n(CC(=O)N2CCCC[C@@H]2C)c(-c2cccc(Cl)c2)n1. The molecule has 138 valence electrons. The molecule has 0 radical (unpaired) electrons. The summed E-state index contributed by atoms with van der Waals surface area (Å²) in [6, 6.07) is 8.95. The zero-order chi connectivity index (χ0) is 18.7. The molecule has 1 aliphatic rings. The highest BCUT2D eigenvalue weighted by Gasteiger charge is 2.24. The van der Waals surface area contributed by atoms with Crippen molar-refractivity contribution in [3.8, 4) is 11.4 Å². The fourth-order valence-electron chi connectivity index (χ4n) is 3.43. The Kier molecular flexibility index (Phi) is 5.77. The largest absolute Gasteiger partial charge is 0.338 e. The second kappa shape index (κ2) is 8.04. The van der Waals surface area contributed by atoms with Crippen LogP contribution in [0.15, 0.2) is 35.1 Å². The van der Waals surface area contributed by atoms with Crippen LogP contribution in [0.3, 0.4) is 0 Å². The van der Waals surface area contributed by atoms with Gasteiger partial charge in [0.2, 0.25) is 5.91 Å². The highest BCUT2D eigenvalue weighted by Crippen LogP contribution is 2.22. The summed E-state index contributed by atoms with van der Waals surface area (Å²) in [4.78, 5) is 32.0. The van der Waals surface area contributed by atoms with Gasteiger partial charge in [-0.05, 0) is 44.7 Å². The van der Waals surface area contributed by atoms with Gasteiger partial charge in [0.05, 0.1) is 0 Å². The number of carbonyl (C=O) groups is 1. The third-order valence-electron chi connectivity index (χ3n) is 4.92. The van der Waals surface area contributed by atoms with E-state index in [4.69, 9.17) is 11.6 Å². The predicted molar refractivity (Wildman–Crippen MR) is 103 cm³/mol. The Hall–Kier alpha value is -2.14. The second-order valence-corrected chi connectivity index (χ2v) is 7.23. The predicted octanol–water partition coefficient (Wildman–Crippen LogP) is 3.53. The molecule has 1 atom stereocenters. The minimum absolute atomic E-state index is 0.00200. The van der Waals surface area contributed by atoms with Crippen molar-refractivity contribution >= 4 is 17.5 Å². The van der Waals surface area contributed by atoms with E-state index in [1.807, 2.05) is 24.0 Å². The number of likely N-dealkylation sites (tertiary alicyclic amines) is 1. The van der Waals surface area contributed by atoms with Gasteiger partial charge in [0.15, 0.2) is 0 Å². The number of carbonyl (C=O) groups excluding carboxylic acids is 1. The molecule has 1 aromatic carbocycles. The Morgan fingerprint density at radius 3 is 2.81 bits per heavy atom. The molecule has 0 aliphatic carbocycles. The minimum atomic E-state index is -0.204. The fourth-order valence-corrected chi connectivity index (χ4v) is 3.62. The summed E-state index contributed by atoms with van der Waals surface area (Å²) in [6.45, 7) is 4.77. The molecule has 1 amide bonds. The lowest BCUT2D eigenvalue weighted by molar-refractivity contribution is -0.135. The van der Waals surface area contributed by atoms with Crippen LogP contribution < -0.4 is 5.56 Å². The second-order valence-electron chi connectivity index (χ2n) is 6.79. The van der Waals surface area contributed by atoms with E-state index < -0.39 is 0 Å². The summed E-state index contributed by atoms with van der Waals surface area (Å²) < 4.78 is 1.47. The molecule has 1 aliphatic heterocycles. The van der Waals surface area contributed by atoms with E-state index in [1.54, 1.807) is 12.1 Å². The average molecular weight is 374 g/mol. The van der Waals surface area contributed by atoms with Gasteiger partial charge in [-0.15, -0.1) is 0 Å². The van der Waals surface area contributed by atoms with Crippen LogP contribution in [0.1, 0.15) is 38.8 Å². The third-order valence-corrected chi connectivity index (χ3v) is 5.16. The smallest absolute Gasteiger partial charge is 0.254 e. The summed E-state index contributed by atoms with van der Waals surface area (Å²) in [5.74, 6) is 0.462. The lowest BCUT2D eigenvalue weighted by atomic mass is 10.0. The zero-order valence-electron chi connectivity index (χ0n) is 15.2. The third kappa shape index (κ3) is 3.98. The van der Waals surface area contributed by atoms with Crippen LogP contribution in [0.2, 0.25) is 5.02 Å². The Balaban J connectivity index is 2.00. The Bertz CT molecular complexity index is 862. The average Bonchev–Trinajstić information content (AvgIpc) is 2.63. The summed E-state index contributed by atoms with van der Waals surface area (Å²) in [5, 5.41) is 0.571. The van der Waals surface area contributed by atoms with Gasteiger partial charge in [-0.3, -0.25) is 14.2 Å². The van der Waals surface area contributed by atoms with Gasteiger partial charge in [-0.25, -0.2) is 4.98 Å². The molecule has 2 heterocycles. The van der Waals surface area contributed by atoms with Crippen LogP contribution in [0.25, 0.3) is 11.4 Å². The fraction of sp³-hybridized carbons (Fsp3) is 0.450. The number of halogens is 1. The number of amides is 1. The summed E-state index contributed by atoms with van der Waals surface area (Å²) in [6.07, 6.45) is 3.82. The number of nitrogens with zero attached hydrogens (tertiary/aromatic N) is 3. The van der Waals surface area contributed by atoms with E-state index in [1.165, 1.54) is 10.6 Å². The summed E-state index contributed by atoms with van der Waals surface area (Å²) >= 11 is 6.12. The van der Waals surface area contributed by atoms with Crippen molar-refractivity contribution in [3.63, 3.8) is 0 Å². The van der Waals surface area contributed by atoms with Crippen LogP contribution >= 0.6 is 11.6 Å². The van der Waals surface area contributed by atoms with Gasteiger partial charge < -0.3 is 4.90 Å². The Morgan fingerprint density at radius 2 is 2.12 bits per heavy atom. The highest BCUT2D eigenvalue weighted by atomic mass is 35.5. The molecular weight excluding hydrogens is 350 g/mol. The molecule has 3 rings (SSSR count). The van der Waals surface area contributed by atoms with Crippen molar-refractivity contribution < 1.29 is 4.79 Å². The van der Waals surface area contributed by atoms with Crippen molar-refractivity contribution in [3.05, 3.63) is 51.4 Å². The van der Waals surface area contributed by atoms with Gasteiger partial charge in [0.25, 0.3) is 5.56 Å². The molecule has 0 bridgehead atoms. The van der Waals surface area contributed by atoms with E-state index >= 15 is 0 Å². The zero-order valence-corrected chi connectivity index (χ0v) is 16.0. The van der Waals surface area contributed by atoms with Crippen molar-refractivity contribution in [1.29, 1.82) is 0 Å². The quantitative estimate of drug-likeness (QED) is 0.823. The number of aryl methyl sites for hydroxylation is 1. The van der Waals surface area contributed by atoms with Crippen LogP contribution in [0.4, 0.5) is 0 Å². The van der Waals surface area contributed by atoms with Crippen molar-refractivity contribution in [2.75, 3.05) is 6.54 Å². The molecular formula is C20H24ClN3O2. The normalized spacial score (nSPS) is 17.3. The first kappa shape index (κ1) is 18.6. The van der Waals surface area contributed by atoms with Gasteiger partial charge in [0.1, 0.15) is 12.4 Å². The van der Waals surface area contributed by atoms with E-state index in [2.05, 4.69) is 11.9 Å². The first-order valence-electron chi connectivity index (χ1n) is 9.15. The molecule has 1 saturated heterocycles. The standard InChI is InChI=1S/C20H24ClN3O2/c1-3-17-12-18(25)24(13-19(26)23-10-5-4-7-14(23)2)20(22-17)15-8-6-9-16(21)11-15/h6,8-9,11-12,14H,3-5,7,10,13H2,1-2H3/t14-/m0/s1. The van der Waals surface area contributed by atoms with E-state index in [0.29, 0.717) is 23.0 Å². The Labute approximate surface area is 158 Å². The first-order chi connectivity index (χ1) is 12.5. The molecule has 0 N–H and O–H groups in total. The van der Waals surface area contributed by atoms with Gasteiger partial charge in [-0.2, -0.15) is 0 Å². The lowest BCUT2D eigenvalue weighted by Gasteiger charge is -2.33. The van der Waals surface area contributed by atoms with Crippen LogP contribution in [-0.2, 0) is 17.8 Å². The van der Waals surface area contributed by atoms with Crippen molar-refractivity contribution in [2.24, 2.45) is 0 Å². The maximum Gasteiger partial charge on any atom is 0.254 e. The maximum atomic E-state index is 12.8. The number of benzene rings is 1. The Morgan fingerprint density at radius 1 is 1.31 bits per heavy atom. The molecule has 26 heavy (non-hydrogen) atoms. The number of rotatable bonds is 4. The molecule has 6 heteroatoms. The molecule has 1 aromatic heterocycles. The number of piperidine rings is 1. The summed E-state index contributed by atoms with van der Waals surface area (Å²) in [7, 11) is 0. The number of hydrogen-bond acceptors (Lipinski definition) is 3. The molecule has 0 unspecified atom stereocenters. The van der Waals surface area contributed by atoms with E-state index in [9.17, 15) is 9.59 Å². The van der Waals surface area contributed by atoms with Crippen LogP contribution in [0.5, 0.6) is 0 Å². The number of aromatic nitrogens is 2.